The molecule has 2 rings (SSSR count). The van der Waals surface area contributed by atoms with Gasteiger partial charge in [-0.2, -0.15) is 0 Å². The van der Waals surface area contributed by atoms with Gasteiger partial charge in [0.1, 0.15) is 6.20 Å². The quantitative estimate of drug-likeness (QED) is 0.845. The molecule has 0 saturated heterocycles. The molecular formula is C9H6ClN3O2. The summed E-state index contributed by atoms with van der Waals surface area (Å²) in [5.74, 6) is -0.413. The topological polar surface area (TPSA) is 68.0 Å². The Morgan fingerprint density at radius 3 is 2.87 bits per heavy atom. The van der Waals surface area contributed by atoms with Crippen LogP contribution in [0.15, 0.2) is 35.1 Å². The smallest absolute Gasteiger partial charge is 0.279 e. The zero-order valence-corrected chi connectivity index (χ0v) is 8.23. The first-order valence-electron chi connectivity index (χ1n) is 4.11. The van der Waals surface area contributed by atoms with Gasteiger partial charge in [-0.05, 0) is 17.3 Å². The van der Waals surface area contributed by atoms with Crippen molar-refractivity contribution in [3.63, 3.8) is 0 Å². The third-order valence-corrected chi connectivity index (χ3v) is 2.05. The highest BCUT2D eigenvalue weighted by Crippen LogP contribution is 2.20. The highest BCUT2D eigenvalue weighted by atomic mass is 35.5. The molecule has 0 bridgehead atoms. The highest BCUT2D eigenvalue weighted by Gasteiger charge is 2.11. The number of nitrogens with one attached hydrogen (secondary N) is 1. The molecule has 0 aliphatic carbocycles. The van der Waals surface area contributed by atoms with Crippen LogP contribution in [0.25, 0.3) is 0 Å². The number of carbonyl (C=O) groups excluding carboxylic acids is 1. The molecule has 0 saturated carbocycles. The van der Waals surface area contributed by atoms with Crippen molar-refractivity contribution in [1.29, 1.82) is 0 Å². The number of anilines is 1. The predicted octanol–water partition coefficient (Wildman–Crippen LogP) is 1.98. The third-order valence-electron chi connectivity index (χ3n) is 1.72. The molecule has 5 nitrogen and oxygen atoms in total. The van der Waals surface area contributed by atoms with Crippen molar-refractivity contribution in [2.24, 2.45) is 0 Å². The number of hydrogen-bond donors (Lipinski definition) is 1. The summed E-state index contributed by atoms with van der Waals surface area (Å²) in [5, 5.41) is 9.77. The summed E-state index contributed by atoms with van der Waals surface area (Å²) in [6, 6.07) is 6.91. The standard InChI is InChI=1S/C9H6ClN3O2/c10-6-3-1-2-4-7(6)12-9(14)8-5-11-15-13-8/h1-5H,(H,12,14). The van der Waals surface area contributed by atoms with Crippen LogP contribution in [-0.2, 0) is 0 Å². The maximum Gasteiger partial charge on any atom is 0.279 e. The molecule has 0 spiro atoms. The fourth-order valence-electron chi connectivity index (χ4n) is 1.01. The molecule has 76 valence electrons. The Labute approximate surface area is 90.0 Å². The van der Waals surface area contributed by atoms with E-state index in [1.54, 1.807) is 24.3 Å². The molecule has 0 aliphatic heterocycles. The Hall–Kier alpha value is -1.88. The molecule has 0 unspecified atom stereocenters. The molecular weight excluding hydrogens is 218 g/mol. The molecule has 6 heteroatoms. The van der Waals surface area contributed by atoms with Crippen LogP contribution < -0.4 is 5.32 Å². The maximum absolute atomic E-state index is 11.5. The molecule has 1 amide bonds. The lowest BCUT2D eigenvalue weighted by Crippen LogP contribution is -2.12. The second-order valence-electron chi connectivity index (χ2n) is 2.73. The number of halogens is 1. The monoisotopic (exact) mass is 223 g/mol. The molecule has 0 fully saturated rings. The Bertz CT molecular complexity index is 470. The normalized spacial score (nSPS) is 9.93. The fraction of sp³-hybridized carbons (Fsp3) is 0. The van der Waals surface area contributed by atoms with Crippen LogP contribution in [0.3, 0.4) is 0 Å². The van der Waals surface area contributed by atoms with Gasteiger partial charge in [0.25, 0.3) is 5.91 Å². The van der Waals surface area contributed by atoms with E-state index in [2.05, 4.69) is 20.3 Å². The van der Waals surface area contributed by atoms with Crippen molar-refractivity contribution in [2.75, 3.05) is 5.32 Å². The Balaban J connectivity index is 2.17. The van der Waals surface area contributed by atoms with Crippen molar-refractivity contribution in [3.8, 4) is 0 Å². The largest absolute Gasteiger partial charge is 0.319 e. The van der Waals surface area contributed by atoms with Crippen LogP contribution in [0.4, 0.5) is 5.69 Å². The van der Waals surface area contributed by atoms with Crippen LogP contribution in [0.2, 0.25) is 5.02 Å². The van der Waals surface area contributed by atoms with Crippen molar-refractivity contribution in [3.05, 3.63) is 41.2 Å². The van der Waals surface area contributed by atoms with Crippen LogP contribution in [0.1, 0.15) is 10.5 Å². The second kappa shape index (κ2) is 4.10. The number of benzene rings is 1. The number of carbonyl (C=O) groups is 1. The number of amides is 1. The zero-order chi connectivity index (χ0) is 10.7. The molecule has 2 aromatic rings. The SMILES string of the molecule is O=C(Nc1ccccc1Cl)c1cnon1. The van der Waals surface area contributed by atoms with Crippen LogP contribution in [-0.4, -0.2) is 16.2 Å². The van der Waals surface area contributed by atoms with E-state index in [9.17, 15) is 4.79 Å². The van der Waals surface area contributed by atoms with Crippen molar-refractivity contribution >= 4 is 23.2 Å². The van der Waals surface area contributed by atoms with Crippen LogP contribution in [0.5, 0.6) is 0 Å². The molecule has 1 aromatic carbocycles. The lowest BCUT2D eigenvalue weighted by Gasteiger charge is -2.03. The van der Waals surface area contributed by atoms with Gasteiger partial charge < -0.3 is 5.32 Å². The van der Waals surface area contributed by atoms with Gasteiger partial charge in [-0.25, -0.2) is 4.63 Å². The number of rotatable bonds is 2. The van der Waals surface area contributed by atoms with Gasteiger partial charge in [-0.15, -0.1) is 0 Å². The van der Waals surface area contributed by atoms with Gasteiger partial charge >= 0.3 is 0 Å². The summed E-state index contributed by atoms with van der Waals surface area (Å²) in [6.07, 6.45) is 1.23. The Morgan fingerprint density at radius 1 is 1.40 bits per heavy atom. The Morgan fingerprint density at radius 2 is 2.20 bits per heavy atom. The second-order valence-corrected chi connectivity index (χ2v) is 3.13. The molecule has 0 aliphatic rings. The maximum atomic E-state index is 11.5. The highest BCUT2D eigenvalue weighted by molar-refractivity contribution is 6.33. The fourth-order valence-corrected chi connectivity index (χ4v) is 1.20. The van der Waals surface area contributed by atoms with E-state index >= 15 is 0 Å². The first-order chi connectivity index (χ1) is 7.27. The first-order valence-corrected chi connectivity index (χ1v) is 4.48. The molecule has 1 heterocycles. The summed E-state index contributed by atoms with van der Waals surface area (Å²) >= 11 is 5.86. The van der Waals surface area contributed by atoms with Crippen molar-refractivity contribution < 1.29 is 9.42 Å². The van der Waals surface area contributed by atoms with E-state index in [0.717, 1.165) is 0 Å². The lowest BCUT2D eigenvalue weighted by molar-refractivity contribution is 0.101. The molecule has 0 atom stereocenters. The Kier molecular flexibility index (Phi) is 2.64. The molecule has 1 aromatic heterocycles. The minimum Gasteiger partial charge on any atom is -0.319 e. The number of nitrogens with zero attached hydrogens (tertiary/aromatic N) is 2. The van der Waals surface area contributed by atoms with E-state index in [1.165, 1.54) is 6.20 Å². The molecule has 15 heavy (non-hydrogen) atoms. The summed E-state index contributed by atoms with van der Waals surface area (Å²) in [5.41, 5.74) is 0.627. The van der Waals surface area contributed by atoms with E-state index < -0.39 is 5.91 Å². The summed E-state index contributed by atoms with van der Waals surface area (Å²) in [6.45, 7) is 0. The average Bonchev–Trinajstić information content (AvgIpc) is 2.74. The predicted molar refractivity (Wildman–Crippen MR) is 53.7 cm³/mol. The molecule has 1 N–H and O–H groups in total. The van der Waals surface area contributed by atoms with Crippen molar-refractivity contribution in [1.82, 2.24) is 10.3 Å². The first kappa shape index (κ1) is 9.67. The van der Waals surface area contributed by atoms with Gasteiger partial charge in [0.2, 0.25) is 0 Å². The number of para-hydroxylation sites is 1. The van der Waals surface area contributed by atoms with Gasteiger partial charge in [-0.3, -0.25) is 4.79 Å². The lowest BCUT2D eigenvalue weighted by atomic mass is 10.3. The minimum absolute atomic E-state index is 0.106. The van der Waals surface area contributed by atoms with Gasteiger partial charge in [-0.1, -0.05) is 28.9 Å². The van der Waals surface area contributed by atoms with E-state index in [1.807, 2.05) is 0 Å². The van der Waals surface area contributed by atoms with Gasteiger partial charge in [0, 0.05) is 0 Å². The molecule has 0 radical (unpaired) electrons. The van der Waals surface area contributed by atoms with Crippen LogP contribution >= 0.6 is 11.6 Å². The summed E-state index contributed by atoms with van der Waals surface area (Å²) in [4.78, 5) is 11.5. The summed E-state index contributed by atoms with van der Waals surface area (Å²) < 4.78 is 4.31. The van der Waals surface area contributed by atoms with Gasteiger partial charge in [0.15, 0.2) is 5.69 Å². The van der Waals surface area contributed by atoms with Crippen LogP contribution in [0, 0.1) is 0 Å². The number of hydrogen-bond acceptors (Lipinski definition) is 4. The van der Waals surface area contributed by atoms with E-state index in [0.29, 0.717) is 10.7 Å². The average molecular weight is 224 g/mol. The van der Waals surface area contributed by atoms with Gasteiger partial charge in [0.05, 0.1) is 10.7 Å². The number of aromatic nitrogens is 2. The third kappa shape index (κ3) is 2.13. The van der Waals surface area contributed by atoms with Crippen molar-refractivity contribution in [2.45, 2.75) is 0 Å². The van der Waals surface area contributed by atoms with E-state index in [-0.39, 0.29) is 5.69 Å². The minimum atomic E-state index is -0.413. The summed E-state index contributed by atoms with van der Waals surface area (Å²) in [7, 11) is 0. The van der Waals surface area contributed by atoms with E-state index in [4.69, 9.17) is 11.6 Å². The zero-order valence-electron chi connectivity index (χ0n) is 7.48.